The minimum Gasteiger partial charge on any atom is -0.462 e. The molecule has 0 aromatic carbocycles. The highest BCUT2D eigenvalue weighted by molar-refractivity contribution is 5.90. The van der Waals surface area contributed by atoms with Gasteiger partial charge in [0.1, 0.15) is 6.04 Å². The molecule has 8 nitrogen and oxygen atoms in total. The van der Waals surface area contributed by atoms with Gasteiger partial charge in [-0.3, -0.25) is 4.79 Å². The van der Waals surface area contributed by atoms with Crippen LogP contribution in [0.2, 0.25) is 0 Å². The van der Waals surface area contributed by atoms with Crippen LogP contribution in [-0.4, -0.2) is 59.5 Å². The van der Waals surface area contributed by atoms with E-state index in [1.54, 1.807) is 19.9 Å². The lowest BCUT2D eigenvalue weighted by Crippen LogP contribution is -2.48. The van der Waals surface area contributed by atoms with Gasteiger partial charge in [-0.2, -0.15) is 5.06 Å². The molecule has 2 heterocycles. The first-order chi connectivity index (χ1) is 10.4. The van der Waals surface area contributed by atoms with Crippen molar-refractivity contribution < 1.29 is 28.3 Å². The predicted molar refractivity (Wildman–Crippen MR) is 71.7 cm³/mol. The molecule has 122 valence electrons. The van der Waals surface area contributed by atoms with Gasteiger partial charge in [-0.05, 0) is 18.9 Å². The van der Waals surface area contributed by atoms with Crippen molar-refractivity contribution in [3.05, 3.63) is 11.6 Å². The van der Waals surface area contributed by atoms with E-state index in [1.807, 2.05) is 0 Å². The van der Waals surface area contributed by atoms with E-state index < -0.39 is 36.3 Å². The number of urea groups is 1. The molecule has 0 aliphatic carbocycles. The molecule has 2 rings (SSSR count). The highest BCUT2D eigenvalue weighted by Crippen LogP contribution is 2.29. The van der Waals surface area contributed by atoms with Gasteiger partial charge >= 0.3 is 18.4 Å². The number of alkyl halides is 1. The molecule has 2 N–H and O–H groups in total. The van der Waals surface area contributed by atoms with Crippen molar-refractivity contribution in [3.63, 3.8) is 0 Å². The van der Waals surface area contributed by atoms with Gasteiger partial charge < -0.3 is 15.4 Å². The summed E-state index contributed by atoms with van der Waals surface area (Å²) in [7, 11) is 0. The molecule has 2 aliphatic heterocycles. The number of rotatable bonds is 6. The molecule has 3 atom stereocenters. The molecule has 0 saturated carbocycles. The van der Waals surface area contributed by atoms with Crippen LogP contribution >= 0.6 is 0 Å². The third-order valence-electron chi connectivity index (χ3n) is 3.43. The molecule has 9 heteroatoms. The highest BCUT2D eigenvalue weighted by atomic mass is 19.1. The summed E-state index contributed by atoms with van der Waals surface area (Å²) < 4.78 is 18.3. The average Bonchev–Trinajstić information content (AvgIpc) is 2.69. The Bertz CT molecular complexity index is 524. The molecule has 2 bridgehead atoms. The summed E-state index contributed by atoms with van der Waals surface area (Å²) in [5, 5.41) is 0.740. The number of hydrogen-bond acceptors (Lipinski definition) is 5. The van der Waals surface area contributed by atoms with Gasteiger partial charge in [-0.1, -0.05) is 13.0 Å². The zero-order valence-corrected chi connectivity index (χ0v) is 12.3. The van der Waals surface area contributed by atoms with Crippen molar-refractivity contribution in [2.45, 2.75) is 38.7 Å². The Kier molecular flexibility index (Phi) is 4.65. The second-order valence-corrected chi connectivity index (χ2v) is 5.13. The van der Waals surface area contributed by atoms with Crippen LogP contribution in [0.15, 0.2) is 11.6 Å². The summed E-state index contributed by atoms with van der Waals surface area (Å²) in [5.74, 6) is -1.88. The maximum atomic E-state index is 13.7. The maximum absolute atomic E-state index is 13.7. The van der Waals surface area contributed by atoms with E-state index in [0.29, 0.717) is 12.0 Å². The standard InChI is InChI=1S/C13H18FN3O5/c1-3-4-21-12(19)10(14)22-17-8-5-7(2)9(11(15)18)16(6-8)13(17)20/h5,8-10H,3-4,6H2,1-2H3,(H2,15,18)/t8-,9+,10+/m1/s1. The largest absolute Gasteiger partial charge is 0.462 e. The molecule has 0 spiro atoms. The molecule has 2 aliphatic rings. The Morgan fingerprint density at radius 2 is 2.23 bits per heavy atom. The lowest BCUT2D eigenvalue weighted by Gasteiger charge is -2.27. The van der Waals surface area contributed by atoms with E-state index in [0.717, 1.165) is 5.06 Å². The van der Waals surface area contributed by atoms with Gasteiger partial charge in [0.15, 0.2) is 0 Å². The number of hydroxylamine groups is 2. The van der Waals surface area contributed by atoms with Crippen LogP contribution < -0.4 is 5.73 Å². The summed E-state index contributed by atoms with van der Waals surface area (Å²) in [6, 6.07) is -2.18. The van der Waals surface area contributed by atoms with E-state index in [9.17, 15) is 18.8 Å². The number of fused-ring (bicyclic) bond motifs is 2. The summed E-state index contributed by atoms with van der Waals surface area (Å²) in [6.07, 6.45) is -0.266. The molecular formula is C13H18FN3O5. The van der Waals surface area contributed by atoms with Crippen LogP contribution in [0.25, 0.3) is 0 Å². The van der Waals surface area contributed by atoms with Gasteiger partial charge in [0.2, 0.25) is 5.91 Å². The number of primary amides is 1. The van der Waals surface area contributed by atoms with Crippen LogP contribution in [0.1, 0.15) is 20.3 Å². The first-order valence-corrected chi connectivity index (χ1v) is 6.91. The number of amides is 3. The molecular weight excluding hydrogens is 297 g/mol. The van der Waals surface area contributed by atoms with Gasteiger partial charge in [0.25, 0.3) is 0 Å². The van der Waals surface area contributed by atoms with Gasteiger partial charge in [0.05, 0.1) is 19.2 Å². The van der Waals surface area contributed by atoms with Gasteiger partial charge in [0, 0.05) is 0 Å². The fraction of sp³-hybridized carbons (Fsp3) is 0.615. The predicted octanol–water partition coefficient (Wildman–Crippen LogP) is 0.0868. The summed E-state index contributed by atoms with van der Waals surface area (Å²) in [5.41, 5.74) is 5.85. The number of nitrogens with zero attached hydrogens (tertiary/aromatic N) is 2. The second kappa shape index (κ2) is 6.30. The van der Waals surface area contributed by atoms with E-state index >= 15 is 0 Å². The molecule has 1 saturated heterocycles. The van der Waals surface area contributed by atoms with Crippen molar-refractivity contribution in [1.29, 1.82) is 0 Å². The third-order valence-corrected chi connectivity index (χ3v) is 3.43. The lowest BCUT2D eigenvalue weighted by molar-refractivity contribution is -0.223. The van der Waals surface area contributed by atoms with Crippen LogP contribution in [0.3, 0.4) is 0 Å². The minimum absolute atomic E-state index is 0.0644. The quantitative estimate of drug-likeness (QED) is 0.553. The topological polar surface area (TPSA) is 102 Å². The number of nitrogens with two attached hydrogens (primary N) is 1. The van der Waals surface area contributed by atoms with Gasteiger partial charge in [-0.15, -0.1) is 0 Å². The molecule has 0 unspecified atom stereocenters. The normalized spacial score (nSPS) is 25.0. The fourth-order valence-electron chi connectivity index (χ4n) is 2.51. The SMILES string of the molecule is CCCOC(=O)[C@@H](F)ON1C(=O)N2C[C@H]1C=C(C)[C@H]2C(N)=O. The summed E-state index contributed by atoms with van der Waals surface area (Å²) in [6.45, 7) is 3.61. The lowest BCUT2D eigenvalue weighted by atomic mass is 10.0. The Labute approximate surface area is 126 Å². The second-order valence-electron chi connectivity index (χ2n) is 5.13. The zero-order chi connectivity index (χ0) is 16.4. The van der Waals surface area contributed by atoms with Crippen molar-refractivity contribution in [3.8, 4) is 0 Å². The number of carbonyl (C=O) groups is 3. The van der Waals surface area contributed by atoms with Crippen molar-refractivity contribution >= 4 is 17.9 Å². The number of carbonyl (C=O) groups excluding carboxylic acids is 3. The van der Waals surface area contributed by atoms with E-state index in [2.05, 4.69) is 4.74 Å². The smallest absolute Gasteiger partial charge is 0.371 e. The molecule has 1 fully saturated rings. The monoisotopic (exact) mass is 315 g/mol. The fourth-order valence-corrected chi connectivity index (χ4v) is 2.51. The third kappa shape index (κ3) is 2.89. The number of halogens is 1. The summed E-state index contributed by atoms with van der Waals surface area (Å²) in [4.78, 5) is 40.9. The first-order valence-electron chi connectivity index (χ1n) is 6.91. The van der Waals surface area contributed by atoms with Crippen molar-refractivity contribution in [2.24, 2.45) is 5.73 Å². The van der Waals surface area contributed by atoms with E-state index in [-0.39, 0.29) is 13.2 Å². The average molecular weight is 315 g/mol. The molecule has 0 radical (unpaired) electrons. The Hall–Kier alpha value is -2.16. The Morgan fingerprint density at radius 1 is 1.55 bits per heavy atom. The van der Waals surface area contributed by atoms with Crippen LogP contribution in [0.5, 0.6) is 0 Å². The Balaban J connectivity index is 2.07. The van der Waals surface area contributed by atoms with Crippen LogP contribution in [0, 0.1) is 0 Å². The Morgan fingerprint density at radius 3 is 2.82 bits per heavy atom. The van der Waals surface area contributed by atoms with Gasteiger partial charge in [-0.25, -0.2) is 18.8 Å². The van der Waals surface area contributed by atoms with Crippen molar-refractivity contribution in [2.75, 3.05) is 13.2 Å². The van der Waals surface area contributed by atoms with Crippen LogP contribution in [0.4, 0.5) is 9.18 Å². The van der Waals surface area contributed by atoms with E-state index in [1.165, 1.54) is 4.90 Å². The number of ether oxygens (including phenoxy) is 1. The molecule has 0 aromatic rings. The minimum atomic E-state index is -2.41. The number of esters is 1. The highest BCUT2D eigenvalue weighted by Gasteiger charge is 2.48. The molecule has 0 aromatic heterocycles. The van der Waals surface area contributed by atoms with E-state index in [4.69, 9.17) is 10.6 Å². The molecule has 3 amide bonds. The summed E-state index contributed by atoms with van der Waals surface area (Å²) >= 11 is 0. The first kappa shape index (κ1) is 16.2. The zero-order valence-electron chi connectivity index (χ0n) is 12.3. The van der Waals surface area contributed by atoms with Crippen molar-refractivity contribution in [1.82, 2.24) is 9.96 Å². The van der Waals surface area contributed by atoms with Crippen LogP contribution in [-0.2, 0) is 19.2 Å². The number of hydrogen-bond donors (Lipinski definition) is 1. The maximum Gasteiger partial charge on any atom is 0.371 e. The molecule has 22 heavy (non-hydrogen) atoms.